The topological polar surface area (TPSA) is 80.4 Å². The fourth-order valence-electron chi connectivity index (χ4n) is 1.20. The zero-order valence-corrected chi connectivity index (χ0v) is 9.00. The zero-order chi connectivity index (χ0) is 11.6. The van der Waals surface area contributed by atoms with E-state index in [2.05, 4.69) is 0 Å². The van der Waals surface area contributed by atoms with Crippen molar-refractivity contribution in [3.63, 3.8) is 0 Å². The van der Waals surface area contributed by atoms with Gasteiger partial charge in [0.2, 0.25) is 0 Å². The Bertz CT molecular complexity index is 430. The first-order valence-electron chi connectivity index (χ1n) is 4.03. The third kappa shape index (κ3) is 2.27. The van der Waals surface area contributed by atoms with Crippen molar-refractivity contribution in [2.24, 2.45) is 0 Å². The summed E-state index contributed by atoms with van der Waals surface area (Å²) in [5, 5.41) is 19.4. The molecule has 1 aromatic carbocycles. The highest BCUT2D eigenvalue weighted by molar-refractivity contribution is 7.98. The van der Waals surface area contributed by atoms with Crippen molar-refractivity contribution in [2.75, 3.05) is 6.26 Å². The molecule has 1 aromatic rings. The molecule has 1 rings (SSSR count). The number of benzene rings is 1. The van der Waals surface area contributed by atoms with Gasteiger partial charge in [-0.2, -0.15) is 0 Å². The molecule has 0 spiro atoms. The van der Waals surface area contributed by atoms with Crippen LogP contribution in [0.1, 0.15) is 15.9 Å². The Hall–Kier alpha value is -1.56. The number of nitro benzene ring substituents is 1. The SMILES string of the molecule is CSc1cc(C(=O)O)cc([N+](=O)[O-])c1C. The van der Waals surface area contributed by atoms with Crippen LogP contribution in [0, 0.1) is 17.0 Å². The first-order chi connectivity index (χ1) is 6.97. The van der Waals surface area contributed by atoms with Gasteiger partial charge in [-0.1, -0.05) is 0 Å². The van der Waals surface area contributed by atoms with E-state index >= 15 is 0 Å². The van der Waals surface area contributed by atoms with E-state index in [9.17, 15) is 14.9 Å². The van der Waals surface area contributed by atoms with Gasteiger partial charge in [-0.25, -0.2) is 4.79 Å². The standard InChI is InChI=1S/C9H9NO4S/c1-5-7(10(13)14)3-6(9(11)12)4-8(5)15-2/h3-4H,1-2H3,(H,11,12). The lowest BCUT2D eigenvalue weighted by molar-refractivity contribution is -0.385. The van der Waals surface area contributed by atoms with E-state index in [0.717, 1.165) is 6.07 Å². The van der Waals surface area contributed by atoms with Crippen molar-refractivity contribution in [3.8, 4) is 0 Å². The number of aromatic carboxylic acids is 1. The summed E-state index contributed by atoms with van der Waals surface area (Å²) in [5.41, 5.74) is 0.286. The molecule has 0 unspecified atom stereocenters. The zero-order valence-electron chi connectivity index (χ0n) is 8.18. The quantitative estimate of drug-likeness (QED) is 0.487. The number of nitro groups is 1. The van der Waals surface area contributed by atoms with E-state index in [0.29, 0.717) is 10.5 Å². The largest absolute Gasteiger partial charge is 0.478 e. The van der Waals surface area contributed by atoms with E-state index < -0.39 is 10.9 Å². The van der Waals surface area contributed by atoms with Crippen LogP contribution in [0.5, 0.6) is 0 Å². The van der Waals surface area contributed by atoms with Crippen molar-refractivity contribution in [1.29, 1.82) is 0 Å². The summed E-state index contributed by atoms with van der Waals surface area (Å²) in [5.74, 6) is -1.16. The summed E-state index contributed by atoms with van der Waals surface area (Å²) >= 11 is 1.29. The summed E-state index contributed by atoms with van der Waals surface area (Å²) in [4.78, 5) is 21.4. The summed E-state index contributed by atoms with van der Waals surface area (Å²) in [6.07, 6.45) is 1.75. The highest BCUT2D eigenvalue weighted by Gasteiger charge is 2.18. The normalized spacial score (nSPS) is 10.0. The van der Waals surface area contributed by atoms with Crippen LogP contribution in [-0.4, -0.2) is 22.3 Å². The Morgan fingerprint density at radius 1 is 1.53 bits per heavy atom. The molecule has 0 saturated heterocycles. The molecule has 0 aliphatic carbocycles. The highest BCUT2D eigenvalue weighted by Crippen LogP contribution is 2.29. The number of carbonyl (C=O) groups is 1. The van der Waals surface area contributed by atoms with Gasteiger partial charge < -0.3 is 5.11 Å². The second-order valence-corrected chi connectivity index (χ2v) is 3.73. The summed E-state index contributed by atoms with van der Waals surface area (Å²) in [7, 11) is 0. The summed E-state index contributed by atoms with van der Waals surface area (Å²) in [6.45, 7) is 1.61. The monoisotopic (exact) mass is 227 g/mol. The molecule has 15 heavy (non-hydrogen) atoms. The van der Waals surface area contributed by atoms with Crippen LogP contribution in [0.3, 0.4) is 0 Å². The Balaban J connectivity index is 3.45. The van der Waals surface area contributed by atoms with Gasteiger partial charge in [0.25, 0.3) is 5.69 Å². The van der Waals surface area contributed by atoms with Crippen LogP contribution in [0.25, 0.3) is 0 Å². The average molecular weight is 227 g/mol. The Morgan fingerprint density at radius 3 is 2.53 bits per heavy atom. The van der Waals surface area contributed by atoms with Crippen molar-refractivity contribution in [1.82, 2.24) is 0 Å². The van der Waals surface area contributed by atoms with Gasteiger partial charge >= 0.3 is 5.97 Å². The van der Waals surface area contributed by atoms with Crippen molar-refractivity contribution >= 4 is 23.4 Å². The number of hydrogen-bond donors (Lipinski definition) is 1. The van der Waals surface area contributed by atoms with Crippen molar-refractivity contribution in [2.45, 2.75) is 11.8 Å². The lowest BCUT2D eigenvalue weighted by Gasteiger charge is -2.04. The van der Waals surface area contributed by atoms with Gasteiger partial charge in [-0.15, -0.1) is 11.8 Å². The van der Waals surface area contributed by atoms with E-state index in [1.165, 1.54) is 17.8 Å². The molecule has 0 radical (unpaired) electrons. The van der Waals surface area contributed by atoms with Crippen LogP contribution < -0.4 is 0 Å². The second kappa shape index (κ2) is 4.31. The number of thioether (sulfide) groups is 1. The van der Waals surface area contributed by atoms with Gasteiger partial charge in [0.15, 0.2) is 0 Å². The molecule has 0 aromatic heterocycles. The minimum absolute atomic E-state index is 0.0587. The highest BCUT2D eigenvalue weighted by atomic mass is 32.2. The molecule has 0 heterocycles. The van der Waals surface area contributed by atoms with Gasteiger partial charge in [0, 0.05) is 16.5 Å². The molecule has 0 aliphatic rings. The van der Waals surface area contributed by atoms with Gasteiger partial charge in [0.05, 0.1) is 10.5 Å². The fourth-order valence-corrected chi connectivity index (χ4v) is 1.85. The predicted octanol–water partition coefficient (Wildman–Crippen LogP) is 2.32. The molecule has 0 bridgehead atoms. The molecule has 80 valence electrons. The molecule has 0 fully saturated rings. The van der Waals surface area contributed by atoms with E-state index in [1.54, 1.807) is 13.2 Å². The minimum atomic E-state index is -1.16. The van der Waals surface area contributed by atoms with Crippen LogP contribution in [0.2, 0.25) is 0 Å². The van der Waals surface area contributed by atoms with Crippen molar-refractivity contribution in [3.05, 3.63) is 33.4 Å². The first kappa shape index (κ1) is 11.5. The van der Waals surface area contributed by atoms with Crippen molar-refractivity contribution < 1.29 is 14.8 Å². The minimum Gasteiger partial charge on any atom is -0.478 e. The number of rotatable bonds is 3. The van der Waals surface area contributed by atoms with E-state index in [4.69, 9.17) is 5.11 Å². The Labute approximate surface area is 90.3 Å². The van der Waals surface area contributed by atoms with Gasteiger partial charge in [-0.05, 0) is 19.2 Å². The van der Waals surface area contributed by atoms with Crippen LogP contribution >= 0.6 is 11.8 Å². The molecule has 6 heteroatoms. The van der Waals surface area contributed by atoms with Crippen LogP contribution in [0.4, 0.5) is 5.69 Å². The van der Waals surface area contributed by atoms with Gasteiger partial charge in [-0.3, -0.25) is 10.1 Å². The maximum absolute atomic E-state index is 10.7. The predicted molar refractivity (Wildman–Crippen MR) is 56.6 cm³/mol. The maximum Gasteiger partial charge on any atom is 0.335 e. The average Bonchev–Trinajstić information content (AvgIpc) is 2.17. The van der Waals surface area contributed by atoms with E-state index in [-0.39, 0.29) is 11.3 Å². The third-order valence-corrected chi connectivity index (χ3v) is 2.86. The maximum atomic E-state index is 10.7. The lowest BCUT2D eigenvalue weighted by atomic mass is 10.1. The first-order valence-corrected chi connectivity index (χ1v) is 5.26. The molecule has 1 N–H and O–H groups in total. The number of carboxylic acid groups (broad SMARTS) is 1. The molecule has 5 nitrogen and oxygen atoms in total. The summed E-state index contributed by atoms with van der Waals surface area (Å²) < 4.78 is 0. The Morgan fingerprint density at radius 2 is 2.13 bits per heavy atom. The number of nitrogens with zero attached hydrogens (tertiary/aromatic N) is 1. The van der Waals surface area contributed by atoms with Crippen LogP contribution in [0.15, 0.2) is 17.0 Å². The molecule has 0 amide bonds. The second-order valence-electron chi connectivity index (χ2n) is 2.88. The van der Waals surface area contributed by atoms with Gasteiger partial charge in [0.1, 0.15) is 0 Å². The third-order valence-electron chi connectivity index (χ3n) is 2.00. The molecule has 0 aliphatic heterocycles. The number of carboxylic acids is 1. The van der Waals surface area contributed by atoms with Crippen LogP contribution in [-0.2, 0) is 0 Å². The molecule has 0 saturated carbocycles. The van der Waals surface area contributed by atoms with E-state index in [1.807, 2.05) is 0 Å². The smallest absolute Gasteiger partial charge is 0.335 e. The fraction of sp³-hybridized carbons (Fsp3) is 0.222. The molecule has 0 atom stereocenters. The number of hydrogen-bond acceptors (Lipinski definition) is 4. The molecular weight excluding hydrogens is 218 g/mol. The lowest BCUT2D eigenvalue weighted by Crippen LogP contribution is -2.01. The molecular formula is C9H9NO4S. The Kier molecular flexibility index (Phi) is 3.31. The summed E-state index contributed by atoms with van der Waals surface area (Å²) in [6, 6.07) is 2.52.